The second-order valence-electron chi connectivity index (χ2n) is 8.57. The molecule has 0 radical (unpaired) electrons. The zero-order valence-corrected chi connectivity index (χ0v) is 15.5. The summed E-state index contributed by atoms with van der Waals surface area (Å²) in [6.07, 6.45) is 19.3. The highest BCUT2D eigenvalue weighted by Crippen LogP contribution is 2.28. The van der Waals surface area contributed by atoms with Crippen molar-refractivity contribution < 1.29 is 0 Å². The molecular weight excluding hydrogens is 252 g/mol. The largest absolute Gasteiger partial charge is 0.0628 e. The van der Waals surface area contributed by atoms with Crippen LogP contribution in [0.4, 0.5) is 0 Å². The Bertz CT molecular complexity index is 230. The van der Waals surface area contributed by atoms with E-state index in [1.54, 1.807) is 0 Å². The minimum atomic E-state index is 0.884. The van der Waals surface area contributed by atoms with Gasteiger partial charge in [0.15, 0.2) is 0 Å². The lowest BCUT2D eigenvalue weighted by atomic mass is 9.85. The maximum atomic E-state index is 2.49. The Kier molecular flexibility index (Phi) is 10.5. The monoisotopic (exact) mass is 294 g/mol. The van der Waals surface area contributed by atoms with E-state index in [-0.39, 0.29) is 0 Å². The van der Waals surface area contributed by atoms with Crippen molar-refractivity contribution in [3.8, 4) is 0 Å². The average Bonchev–Trinajstić information content (AvgIpc) is 2.40. The van der Waals surface area contributed by atoms with E-state index in [4.69, 9.17) is 0 Å². The van der Waals surface area contributed by atoms with Gasteiger partial charge in [0.05, 0.1) is 0 Å². The Balaban J connectivity index is 2.41. The second-order valence-corrected chi connectivity index (χ2v) is 8.57. The molecule has 1 rings (SSSR count). The lowest BCUT2D eigenvalue weighted by Crippen LogP contribution is -2.07. The van der Waals surface area contributed by atoms with E-state index in [0.717, 1.165) is 23.7 Å². The molecule has 126 valence electrons. The smallest absolute Gasteiger partial charge is 0.0412 e. The molecule has 0 heterocycles. The van der Waals surface area contributed by atoms with Crippen LogP contribution in [-0.4, -0.2) is 0 Å². The van der Waals surface area contributed by atoms with Crippen molar-refractivity contribution in [3.63, 3.8) is 0 Å². The SMILES string of the molecule is CC(C)CC1CCCCCCCCC(C)CC(C)CCC1. The lowest BCUT2D eigenvalue weighted by molar-refractivity contribution is 0.317. The van der Waals surface area contributed by atoms with Crippen LogP contribution in [0, 0.1) is 23.7 Å². The summed E-state index contributed by atoms with van der Waals surface area (Å²) in [5, 5.41) is 0. The van der Waals surface area contributed by atoms with E-state index < -0.39 is 0 Å². The Hall–Kier alpha value is 0. The summed E-state index contributed by atoms with van der Waals surface area (Å²) in [7, 11) is 0. The molecule has 0 heteroatoms. The van der Waals surface area contributed by atoms with E-state index in [2.05, 4.69) is 27.7 Å². The summed E-state index contributed by atoms with van der Waals surface area (Å²) >= 11 is 0. The van der Waals surface area contributed by atoms with Crippen LogP contribution in [0.5, 0.6) is 0 Å². The summed E-state index contributed by atoms with van der Waals surface area (Å²) in [6.45, 7) is 9.78. The molecule has 1 fully saturated rings. The fourth-order valence-corrected chi connectivity index (χ4v) is 4.36. The van der Waals surface area contributed by atoms with E-state index in [1.807, 2.05) is 0 Å². The molecule has 0 aromatic carbocycles. The van der Waals surface area contributed by atoms with Crippen LogP contribution in [0.15, 0.2) is 0 Å². The molecule has 3 unspecified atom stereocenters. The number of hydrogen-bond donors (Lipinski definition) is 0. The third-order valence-corrected chi connectivity index (χ3v) is 5.48. The third-order valence-electron chi connectivity index (χ3n) is 5.48. The van der Waals surface area contributed by atoms with Gasteiger partial charge in [-0.3, -0.25) is 0 Å². The van der Waals surface area contributed by atoms with Gasteiger partial charge in [-0.2, -0.15) is 0 Å². The molecule has 3 atom stereocenters. The molecule has 0 spiro atoms. The van der Waals surface area contributed by atoms with Gasteiger partial charge in [0, 0.05) is 0 Å². The first-order valence-electron chi connectivity index (χ1n) is 10.1. The maximum absolute atomic E-state index is 2.49. The van der Waals surface area contributed by atoms with Gasteiger partial charge in [-0.1, -0.05) is 98.3 Å². The first-order chi connectivity index (χ1) is 10.1. The minimum Gasteiger partial charge on any atom is -0.0628 e. The molecule has 1 aliphatic rings. The van der Waals surface area contributed by atoms with Gasteiger partial charge in [-0.15, -0.1) is 0 Å². The van der Waals surface area contributed by atoms with Gasteiger partial charge in [-0.05, 0) is 36.5 Å². The molecule has 0 amide bonds. The van der Waals surface area contributed by atoms with Gasteiger partial charge < -0.3 is 0 Å². The average molecular weight is 295 g/mol. The van der Waals surface area contributed by atoms with Crippen molar-refractivity contribution in [2.45, 2.75) is 111 Å². The summed E-state index contributed by atoms with van der Waals surface area (Å²) in [6, 6.07) is 0. The quantitative estimate of drug-likeness (QED) is 0.491. The van der Waals surface area contributed by atoms with Crippen LogP contribution in [-0.2, 0) is 0 Å². The Morgan fingerprint density at radius 1 is 0.667 bits per heavy atom. The second kappa shape index (κ2) is 11.6. The maximum Gasteiger partial charge on any atom is -0.0412 e. The molecule has 0 nitrogen and oxygen atoms in total. The van der Waals surface area contributed by atoms with Crippen LogP contribution in [0.1, 0.15) is 111 Å². The fourth-order valence-electron chi connectivity index (χ4n) is 4.36. The minimum absolute atomic E-state index is 0.884. The lowest BCUT2D eigenvalue weighted by Gasteiger charge is -2.21. The highest BCUT2D eigenvalue weighted by molar-refractivity contribution is 4.66. The molecule has 0 N–H and O–H groups in total. The zero-order chi connectivity index (χ0) is 15.5. The van der Waals surface area contributed by atoms with Crippen LogP contribution < -0.4 is 0 Å². The van der Waals surface area contributed by atoms with Crippen molar-refractivity contribution in [1.29, 1.82) is 0 Å². The van der Waals surface area contributed by atoms with E-state index in [0.29, 0.717) is 0 Å². The van der Waals surface area contributed by atoms with Crippen LogP contribution in [0.25, 0.3) is 0 Å². The van der Waals surface area contributed by atoms with Crippen molar-refractivity contribution in [3.05, 3.63) is 0 Å². The molecule has 21 heavy (non-hydrogen) atoms. The highest BCUT2D eigenvalue weighted by Gasteiger charge is 2.13. The first-order valence-corrected chi connectivity index (χ1v) is 10.1. The van der Waals surface area contributed by atoms with E-state index in [9.17, 15) is 0 Å². The fraction of sp³-hybridized carbons (Fsp3) is 1.00. The standard InChI is InChI=1S/C21H42/c1-18(2)16-21-14-10-8-6-5-7-9-12-19(3)17-20(4)13-11-15-21/h18-21H,5-17H2,1-4H3. The Morgan fingerprint density at radius 3 is 1.76 bits per heavy atom. The van der Waals surface area contributed by atoms with E-state index >= 15 is 0 Å². The third kappa shape index (κ3) is 10.4. The summed E-state index contributed by atoms with van der Waals surface area (Å²) in [5.74, 6) is 3.80. The topological polar surface area (TPSA) is 0 Å². The summed E-state index contributed by atoms with van der Waals surface area (Å²) < 4.78 is 0. The predicted molar refractivity (Wildman–Crippen MR) is 96.7 cm³/mol. The van der Waals surface area contributed by atoms with Gasteiger partial charge in [0.1, 0.15) is 0 Å². The Labute approximate surface area is 135 Å². The van der Waals surface area contributed by atoms with Crippen molar-refractivity contribution in [2.75, 3.05) is 0 Å². The summed E-state index contributed by atoms with van der Waals surface area (Å²) in [4.78, 5) is 0. The van der Waals surface area contributed by atoms with Gasteiger partial charge >= 0.3 is 0 Å². The molecule has 0 saturated heterocycles. The zero-order valence-electron chi connectivity index (χ0n) is 15.5. The molecule has 0 bridgehead atoms. The van der Waals surface area contributed by atoms with Crippen LogP contribution in [0.2, 0.25) is 0 Å². The van der Waals surface area contributed by atoms with Gasteiger partial charge in [0.2, 0.25) is 0 Å². The number of rotatable bonds is 2. The molecule has 1 saturated carbocycles. The molecule has 0 aromatic rings. The van der Waals surface area contributed by atoms with Gasteiger partial charge in [-0.25, -0.2) is 0 Å². The predicted octanol–water partition coefficient (Wildman–Crippen LogP) is 7.62. The molecule has 1 aliphatic carbocycles. The molecule has 0 aliphatic heterocycles. The van der Waals surface area contributed by atoms with E-state index in [1.165, 1.54) is 83.5 Å². The van der Waals surface area contributed by atoms with Crippen LogP contribution >= 0.6 is 0 Å². The number of hydrogen-bond acceptors (Lipinski definition) is 0. The summed E-state index contributed by atoms with van der Waals surface area (Å²) in [5.41, 5.74) is 0. The van der Waals surface area contributed by atoms with Crippen LogP contribution in [0.3, 0.4) is 0 Å². The van der Waals surface area contributed by atoms with Gasteiger partial charge in [0.25, 0.3) is 0 Å². The Morgan fingerprint density at radius 2 is 1.14 bits per heavy atom. The first kappa shape index (κ1) is 19.0. The van der Waals surface area contributed by atoms with Crippen molar-refractivity contribution in [2.24, 2.45) is 23.7 Å². The molecular formula is C21H42. The molecule has 0 aromatic heterocycles. The highest BCUT2D eigenvalue weighted by atomic mass is 14.2. The van der Waals surface area contributed by atoms with Crippen molar-refractivity contribution >= 4 is 0 Å². The normalized spacial score (nSPS) is 31.6. The van der Waals surface area contributed by atoms with Crippen molar-refractivity contribution in [1.82, 2.24) is 0 Å².